The molecule has 9 heteroatoms. The van der Waals surface area contributed by atoms with Crippen LogP contribution in [-0.2, 0) is 16.6 Å². The average Bonchev–Trinajstić information content (AvgIpc) is 2.93. The number of piperidine rings is 1. The Bertz CT molecular complexity index is 590. The van der Waals surface area contributed by atoms with Crippen molar-refractivity contribution in [3.63, 3.8) is 0 Å². The van der Waals surface area contributed by atoms with Crippen molar-refractivity contribution in [1.82, 2.24) is 19.8 Å². The van der Waals surface area contributed by atoms with Crippen LogP contribution in [0, 0.1) is 5.92 Å². The molecule has 0 aliphatic carbocycles. The van der Waals surface area contributed by atoms with Crippen molar-refractivity contribution < 1.29 is 23.5 Å². The van der Waals surface area contributed by atoms with Crippen LogP contribution >= 0.6 is 0 Å². The molecule has 0 bridgehead atoms. The lowest BCUT2D eigenvalue weighted by molar-refractivity contribution is -0.143. The molecule has 0 radical (unpaired) electrons. The number of nitrogens with zero attached hydrogens (tertiary/aromatic N) is 3. The predicted molar refractivity (Wildman–Crippen MR) is 76.5 cm³/mol. The monoisotopic (exact) mass is 330 g/mol. The van der Waals surface area contributed by atoms with Gasteiger partial charge < -0.3 is 19.9 Å². The van der Waals surface area contributed by atoms with Gasteiger partial charge in [-0.2, -0.15) is 0 Å². The summed E-state index contributed by atoms with van der Waals surface area (Å²) in [6, 6.07) is -0.612. The van der Waals surface area contributed by atoms with Gasteiger partial charge in [-0.05, 0) is 6.42 Å². The molecule has 7 nitrogen and oxygen atoms in total. The Labute approximate surface area is 132 Å². The number of amides is 2. The summed E-state index contributed by atoms with van der Waals surface area (Å²) >= 11 is 0. The number of aliphatic hydroxyl groups is 1. The van der Waals surface area contributed by atoms with E-state index in [0.29, 0.717) is 5.82 Å². The number of aliphatic hydroxyl groups excluding tert-OH is 1. The predicted octanol–water partition coefficient (Wildman–Crippen LogP) is 0.0734. The first-order chi connectivity index (χ1) is 10.8. The van der Waals surface area contributed by atoms with E-state index in [9.17, 15) is 18.4 Å². The summed E-state index contributed by atoms with van der Waals surface area (Å²) in [5.74, 6) is -4.22. The van der Waals surface area contributed by atoms with E-state index < -0.39 is 36.9 Å². The van der Waals surface area contributed by atoms with E-state index in [1.165, 1.54) is 4.90 Å². The van der Waals surface area contributed by atoms with E-state index in [2.05, 4.69) is 10.3 Å². The fraction of sp³-hybridized carbons (Fsp3) is 0.643. The fourth-order valence-electron chi connectivity index (χ4n) is 2.73. The van der Waals surface area contributed by atoms with Gasteiger partial charge in [-0.3, -0.25) is 9.59 Å². The van der Waals surface area contributed by atoms with Crippen LogP contribution in [0.1, 0.15) is 24.7 Å². The van der Waals surface area contributed by atoms with Crippen LogP contribution in [0.25, 0.3) is 0 Å². The zero-order valence-electron chi connectivity index (χ0n) is 13.0. The van der Waals surface area contributed by atoms with Gasteiger partial charge in [0.25, 0.3) is 5.92 Å². The number of likely N-dealkylation sites (tertiary alicyclic amines) is 1. The normalized spacial score (nSPS) is 22.3. The Hall–Kier alpha value is -2.03. The quantitative estimate of drug-likeness (QED) is 0.800. The van der Waals surface area contributed by atoms with Gasteiger partial charge in [-0.15, -0.1) is 0 Å². The third-order valence-electron chi connectivity index (χ3n) is 4.07. The summed E-state index contributed by atoms with van der Waals surface area (Å²) in [7, 11) is 3.31. The third kappa shape index (κ3) is 3.66. The lowest BCUT2D eigenvalue weighted by Gasteiger charge is -2.37. The Morgan fingerprint density at radius 2 is 2.22 bits per heavy atom. The SMILES string of the molecule is CN1C(=O)CC[C@H](C(=O)NCC(F)(F)CO)[C@H]1c1nccn1C. The Kier molecular flexibility index (Phi) is 4.98. The van der Waals surface area contributed by atoms with Crippen molar-refractivity contribution in [1.29, 1.82) is 0 Å². The van der Waals surface area contributed by atoms with Crippen molar-refractivity contribution in [3.05, 3.63) is 18.2 Å². The molecule has 23 heavy (non-hydrogen) atoms. The smallest absolute Gasteiger partial charge is 0.287 e. The van der Waals surface area contributed by atoms with Gasteiger partial charge in [0.05, 0.1) is 12.5 Å². The number of carbonyl (C=O) groups excluding carboxylic acids is 2. The third-order valence-corrected chi connectivity index (χ3v) is 4.07. The minimum Gasteiger partial charge on any atom is -0.390 e. The lowest BCUT2D eigenvalue weighted by atomic mass is 9.87. The molecule has 1 aliphatic rings. The van der Waals surface area contributed by atoms with Gasteiger partial charge in [-0.1, -0.05) is 0 Å². The van der Waals surface area contributed by atoms with Gasteiger partial charge in [0.2, 0.25) is 11.8 Å². The fourth-order valence-corrected chi connectivity index (χ4v) is 2.73. The zero-order chi connectivity index (χ0) is 17.2. The molecule has 2 rings (SSSR count). The first kappa shape index (κ1) is 17.3. The molecule has 128 valence electrons. The molecular formula is C14H20F2N4O3. The molecule has 0 saturated carbocycles. The highest BCUT2D eigenvalue weighted by atomic mass is 19.3. The number of hydrogen-bond acceptors (Lipinski definition) is 4. The number of nitrogens with one attached hydrogen (secondary N) is 1. The van der Waals surface area contributed by atoms with Crippen LogP contribution in [0.15, 0.2) is 12.4 Å². The van der Waals surface area contributed by atoms with Crippen molar-refractivity contribution in [2.45, 2.75) is 24.8 Å². The van der Waals surface area contributed by atoms with Gasteiger partial charge in [0.15, 0.2) is 0 Å². The van der Waals surface area contributed by atoms with Gasteiger partial charge in [0, 0.05) is 32.9 Å². The minimum atomic E-state index is -3.37. The van der Waals surface area contributed by atoms with E-state index in [4.69, 9.17) is 5.11 Å². The second-order valence-electron chi connectivity index (χ2n) is 5.72. The lowest BCUT2D eigenvalue weighted by Crippen LogP contribution is -2.49. The second kappa shape index (κ2) is 6.61. The molecule has 1 aromatic heterocycles. The standard InChI is InChI=1S/C14H20F2N4O3/c1-19-6-5-17-12(19)11-9(3-4-10(22)20(11)2)13(23)18-7-14(15,16)8-21/h5-6,9,11,21H,3-4,7-8H2,1-2H3,(H,18,23)/t9-,11-/m0/s1. The van der Waals surface area contributed by atoms with Gasteiger partial charge in [-0.25, -0.2) is 13.8 Å². The number of halogens is 2. The maximum absolute atomic E-state index is 13.1. The molecule has 1 saturated heterocycles. The highest BCUT2D eigenvalue weighted by Gasteiger charge is 2.41. The van der Waals surface area contributed by atoms with Crippen LogP contribution in [0.2, 0.25) is 0 Å². The molecule has 0 spiro atoms. The summed E-state index contributed by atoms with van der Waals surface area (Å²) < 4.78 is 27.9. The van der Waals surface area contributed by atoms with E-state index >= 15 is 0 Å². The molecule has 0 unspecified atom stereocenters. The van der Waals surface area contributed by atoms with Gasteiger partial charge >= 0.3 is 0 Å². The van der Waals surface area contributed by atoms with Crippen LogP contribution in [0.5, 0.6) is 0 Å². The molecule has 1 aliphatic heterocycles. The first-order valence-electron chi connectivity index (χ1n) is 7.26. The molecule has 2 heterocycles. The molecule has 2 atom stereocenters. The van der Waals surface area contributed by atoms with Crippen LogP contribution in [-0.4, -0.2) is 57.5 Å². The zero-order valence-corrected chi connectivity index (χ0v) is 13.0. The Balaban J connectivity index is 2.19. The average molecular weight is 330 g/mol. The molecule has 2 amide bonds. The van der Waals surface area contributed by atoms with E-state index in [1.54, 1.807) is 31.1 Å². The van der Waals surface area contributed by atoms with Crippen molar-refractivity contribution >= 4 is 11.8 Å². The summed E-state index contributed by atoms with van der Waals surface area (Å²) in [5.41, 5.74) is 0. The van der Waals surface area contributed by atoms with Crippen molar-refractivity contribution in [2.24, 2.45) is 13.0 Å². The number of carbonyl (C=O) groups is 2. The topological polar surface area (TPSA) is 87.5 Å². The van der Waals surface area contributed by atoms with Crippen LogP contribution in [0.3, 0.4) is 0 Å². The van der Waals surface area contributed by atoms with Gasteiger partial charge in [0.1, 0.15) is 18.5 Å². The van der Waals surface area contributed by atoms with E-state index in [0.717, 1.165) is 0 Å². The molecular weight excluding hydrogens is 310 g/mol. The first-order valence-corrected chi connectivity index (χ1v) is 7.26. The minimum absolute atomic E-state index is 0.122. The van der Waals surface area contributed by atoms with E-state index in [1.807, 2.05) is 0 Å². The molecule has 2 N–H and O–H groups in total. The number of rotatable bonds is 5. The number of alkyl halides is 2. The Morgan fingerprint density at radius 1 is 1.52 bits per heavy atom. The maximum Gasteiger partial charge on any atom is 0.287 e. The highest BCUT2D eigenvalue weighted by molar-refractivity contribution is 5.84. The summed E-state index contributed by atoms with van der Waals surface area (Å²) in [4.78, 5) is 29.9. The largest absolute Gasteiger partial charge is 0.390 e. The van der Waals surface area contributed by atoms with Crippen molar-refractivity contribution in [3.8, 4) is 0 Å². The summed E-state index contributed by atoms with van der Waals surface area (Å²) in [6.45, 7) is -2.27. The van der Waals surface area contributed by atoms with Crippen LogP contribution in [0.4, 0.5) is 8.78 Å². The molecule has 0 aromatic carbocycles. The Morgan fingerprint density at radius 3 is 2.78 bits per heavy atom. The summed E-state index contributed by atoms with van der Waals surface area (Å²) in [5, 5.41) is 10.7. The molecule has 1 aromatic rings. The number of imidazole rings is 1. The number of hydrogen-bond donors (Lipinski definition) is 2. The second-order valence-corrected chi connectivity index (χ2v) is 5.72. The van der Waals surface area contributed by atoms with E-state index in [-0.39, 0.29) is 18.7 Å². The number of aromatic nitrogens is 2. The maximum atomic E-state index is 13.1. The molecule has 1 fully saturated rings. The summed E-state index contributed by atoms with van der Waals surface area (Å²) in [6.07, 6.45) is 3.68. The van der Waals surface area contributed by atoms with Crippen molar-refractivity contribution in [2.75, 3.05) is 20.2 Å². The number of aryl methyl sites for hydroxylation is 1. The highest BCUT2D eigenvalue weighted by Crippen LogP contribution is 2.34. The van der Waals surface area contributed by atoms with Crippen LogP contribution < -0.4 is 5.32 Å².